The SMILES string of the molecule is Cc1cc(C)cc(NC(=O)c2ccc(C)c(S(=O)(=O)N3CCOCC3)c2)c1. The predicted octanol–water partition coefficient (Wildman–Crippen LogP) is 2.89. The summed E-state index contributed by atoms with van der Waals surface area (Å²) in [5, 5.41) is 2.85. The van der Waals surface area contributed by atoms with Crippen LogP contribution in [0.4, 0.5) is 5.69 Å². The molecule has 7 heteroatoms. The lowest BCUT2D eigenvalue weighted by molar-refractivity contribution is 0.0730. The number of sulfonamides is 1. The zero-order valence-corrected chi connectivity index (χ0v) is 16.6. The van der Waals surface area contributed by atoms with Crippen molar-refractivity contribution in [3.8, 4) is 0 Å². The summed E-state index contributed by atoms with van der Waals surface area (Å²) in [6.45, 7) is 7.06. The molecule has 2 aromatic rings. The Morgan fingerprint density at radius 2 is 1.63 bits per heavy atom. The summed E-state index contributed by atoms with van der Waals surface area (Å²) < 4.78 is 32.6. The highest BCUT2D eigenvalue weighted by molar-refractivity contribution is 7.89. The standard InChI is InChI=1S/C20H24N2O4S/c1-14-10-15(2)12-18(11-14)21-20(23)17-5-4-16(3)19(13-17)27(24,25)22-6-8-26-9-7-22/h4-5,10-13H,6-9H2,1-3H3,(H,21,23). The molecule has 1 fully saturated rings. The second-order valence-corrected chi connectivity index (χ2v) is 8.73. The van der Waals surface area contributed by atoms with Crippen molar-refractivity contribution < 1.29 is 17.9 Å². The second-order valence-electron chi connectivity index (χ2n) is 6.83. The van der Waals surface area contributed by atoms with E-state index in [0.717, 1.165) is 11.1 Å². The summed E-state index contributed by atoms with van der Waals surface area (Å²) in [4.78, 5) is 12.8. The van der Waals surface area contributed by atoms with Gasteiger partial charge >= 0.3 is 0 Å². The van der Waals surface area contributed by atoms with E-state index in [1.54, 1.807) is 19.1 Å². The number of nitrogens with zero attached hydrogens (tertiary/aromatic N) is 1. The van der Waals surface area contributed by atoms with Gasteiger partial charge in [-0.05, 0) is 61.7 Å². The van der Waals surface area contributed by atoms with E-state index in [4.69, 9.17) is 4.74 Å². The maximum absolute atomic E-state index is 13.0. The summed E-state index contributed by atoms with van der Waals surface area (Å²) >= 11 is 0. The van der Waals surface area contributed by atoms with E-state index >= 15 is 0 Å². The van der Waals surface area contributed by atoms with Crippen molar-refractivity contribution in [3.05, 3.63) is 58.7 Å². The number of hydrogen-bond donors (Lipinski definition) is 1. The van der Waals surface area contributed by atoms with E-state index in [1.807, 2.05) is 32.0 Å². The fraction of sp³-hybridized carbons (Fsp3) is 0.350. The molecule has 1 heterocycles. The molecular formula is C20H24N2O4S. The molecule has 2 aromatic carbocycles. The number of amides is 1. The quantitative estimate of drug-likeness (QED) is 0.874. The molecule has 1 aliphatic rings. The van der Waals surface area contributed by atoms with Gasteiger partial charge in [0.25, 0.3) is 5.91 Å². The third-order valence-electron chi connectivity index (χ3n) is 4.52. The number of nitrogens with one attached hydrogen (secondary N) is 1. The van der Waals surface area contributed by atoms with Crippen LogP contribution in [0.1, 0.15) is 27.0 Å². The van der Waals surface area contributed by atoms with Gasteiger partial charge in [0.15, 0.2) is 0 Å². The molecule has 0 spiro atoms. The molecule has 6 nitrogen and oxygen atoms in total. The summed E-state index contributed by atoms with van der Waals surface area (Å²) in [5.74, 6) is -0.335. The Hall–Kier alpha value is -2.22. The average Bonchev–Trinajstić information content (AvgIpc) is 2.61. The largest absolute Gasteiger partial charge is 0.379 e. The first-order valence-electron chi connectivity index (χ1n) is 8.85. The summed E-state index contributed by atoms with van der Waals surface area (Å²) in [5.41, 5.74) is 3.71. The fourth-order valence-corrected chi connectivity index (χ4v) is 4.85. The molecule has 3 rings (SSSR count). The maximum atomic E-state index is 13.0. The average molecular weight is 388 g/mol. The second kappa shape index (κ2) is 7.80. The van der Waals surface area contributed by atoms with Gasteiger partial charge in [-0.25, -0.2) is 8.42 Å². The van der Waals surface area contributed by atoms with E-state index in [-0.39, 0.29) is 10.8 Å². The number of aryl methyl sites for hydroxylation is 3. The summed E-state index contributed by atoms with van der Waals surface area (Å²) in [6, 6.07) is 10.6. The molecule has 27 heavy (non-hydrogen) atoms. The minimum atomic E-state index is -3.66. The van der Waals surface area contributed by atoms with Crippen LogP contribution in [-0.2, 0) is 14.8 Å². The molecule has 0 atom stereocenters. The van der Waals surface area contributed by atoms with Gasteiger partial charge in [0, 0.05) is 24.3 Å². The third-order valence-corrected chi connectivity index (χ3v) is 6.56. The minimum Gasteiger partial charge on any atom is -0.379 e. The molecule has 0 radical (unpaired) electrons. The number of morpholine rings is 1. The van der Waals surface area contributed by atoms with Crippen molar-refractivity contribution in [2.24, 2.45) is 0 Å². The Bertz CT molecular complexity index is 944. The first-order valence-corrected chi connectivity index (χ1v) is 10.3. The van der Waals surface area contributed by atoms with Crippen molar-refractivity contribution in [3.63, 3.8) is 0 Å². The lowest BCUT2D eigenvalue weighted by Crippen LogP contribution is -2.40. The number of benzene rings is 2. The van der Waals surface area contributed by atoms with Gasteiger partial charge in [-0.2, -0.15) is 4.31 Å². The van der Waals surface area contributed by atoms with E-state index in [2.05, 4.69) is 5.32 Å². The van der Waals surface area contributed by atoms with Gasteiger partial charge in [-0.1, -0.05) is 12.1 Å². The number of ether oxygens (including phenoxy) is 1. The Morgan fingerprint density at radius 1 is 1.00 bits per heavy atom. The van der Waals surface area contributed by atoms with Gasteiger partial charge in [-0.3, -0.25) is 4.79 Å². The van der Waals surface area contributed by atoms with E-state index in [1.165, 1.54) is 10.4 Å². The molecule has 0 bridgehead atoms. The molecule has 144 valence electrons. The highest BCUT2D eigenvalue weighted by Gasteiger charge is 2.28. The van der Waals surface area contributed by atoms with Crippen LogP contribution in [0.3, 0.4) is 0 Å². The van der Waals surface area contributed by atoms with Crippen LogP contribution in [0.5, 0.6) is 0 Å². The zero-order valence-electron chi connectivity index (χ0n) is 15.8. The Kier molecular flexibility index (Phi) is 5.64. The lowest BCUT2D eigenvalue weighted by atomic mass is 10.1. The lowest BCUT2D eigenvalue weighted by Gasteiger charge is -2.26. The first kappa shape index (κ1) is 19.5. The highest BCUT2D eigenvalue weighted by atomic mass is 32.2. The van der Waals surface area contributed by atoms with Gasteiger partial charge < -0.3 is 10.1 Å². The third kappa shape index (κ3) is 4.37. The van der Waals surface area contributed by atoms with Crippen molar-refractivity contribution >= 4 is 21.6 Å². The number of rotatable bonds is 4. The Labute approximate surface area is 160 Å². The topological polar surface area (TPSA) is 75.7 Å². The van der Waals surface area contributed by atoms with Crippen LogP contribution in [0, 0.1) is 20.8 Å². The first-order chi connectivity index (χ1) is 12.8. The maximum Gasteiger partial charge on any atom is 0.255 e. The molecule has 0 aromatic heterocycles. The van der Waals surface area contributed by atoms with Gasteiger partial charge in [0.05, 0.1) is 18.1 Å². The molecular weight excluding hydrogens is 364 g/mol. The highest BCUT2D eigenvalue weighted by Crippen LogP contribution is 2.23. The molecule has 1 amide bonds. The zero-order chi connectivity index (χ0) is 19.6. The van der Waals surface area contributed by atoms with E-state index < -0.39 is 10.0 Å². The summed E-state index contributed by atoms with van der Waals surface area (Å²) in [6.07, 6.45) is 0. The predicted molar refractivity (Wildman–Crippen MR) is 105 cm³/mol. The molecule has 1 N–H and O–H groups in total. The van der Waals surface area contributed by atoms with Crippen molar-refractivity contribution in [2.45, 2.75) is 25.7 Å². The normalized spacial score (nSPS) is 15.5. The minimum absolute atomic E-state index is 0.164. The van der Waals surface area contributed by atoms with Crippen LogP contribution >= 0.6 is 0 Å². The van der Waals surface area contributed by atoms with Crippen LogP contribution in [0.15, 0.2) is 41.3 Å². The van der Waals surface area contributed by atoms with Crippen molar-refractivity contribution in [1.82, 2.24) is 4.31 Å². The van der Waals surface area contributed by atoms with Crippen LogP contribution in [0.25, 0.3) is 0 Å². The van der Waals surface area contributed by atoms with Crippen LogP contribution in [-0.4, -0.2) is 44.9 Å². The molecule has 1 aliphatic heterocycles. The number of carbonyl (C=O) groups excluding carboxylic acids is 1. The number of anilines is 1. The van der Waals surface area contributed by atoms with Gasteiger partial charge in [0.2, 0.25) is 10.0 Å². The van der Waals surface area contributed by atoms with Crippen LogP contribution < -0.4 is 5.32 Å². The molecule has 1 saturated heterocycles. The van der Waals surface area contributed by atoms with Crippen LogP contribution in [0.2, 0.25) is 0 Å². The molecule has 0 aliphatic carbocycles. The summed E-state index contributed by atoms with van der Waals surface area (Å²) in [7, 11) is -3.66. The molecule has 0 saturated carbocycles. The van der Waals surface area contributed by atoms with Gasteiger partial charge in [0.1, 0.15) is 0 Å². The van der Waals surface area contributed by atoms with E-state index in [9.17, 15) is 13.2 Å². The Morgan fingerprint density at radius 3 is 2.26 bits per heavy atom. The van der Waals surface area contributed by atoms with E-state index in [0.29, 0.717) is 43.1 Å². The fourth-order valence-electron chi connectivity index (χ4n) is 3.20. The number of carbonyl (C=O) groups is 1. The van der Waals surface area contributed by atoms with Crippen molar-refractivity contribution in [2.75, 3.05) is 31.6 Å². The smallest absolute Gasteiger partial charge is 0.255 e. The van der Waals surface area contributed by atoms with Gasteiger partial charge in [-0.15, -0.1) is 0 Å². The van der Waals surface area contributed by atoms with Crippen molar-refractivity contribution in [1.29, 1.82) is 0 Å². The monoisotopic (exact) mass is 388 g/mol. The number of hydrogen-bond acceptors (Lipinski definition) is 4. The molecule has 0 unspecified atom stereocenters. The Balaban J connectivity index is 1.89.